The molecule has 3 heteroatoms. The van der Waals surface area contributed by atoms with Crippen molar-refractivity contribution in [2.24, 2.45) is 11.7 Å². The van der Waals surface area contributed by atoms with Crippen molar-refractivity contribution in [3.05, 3.63) is 0 Å². The maximum absolute atomic E-state index is 5.61. The third kappa shape index (κ3) is 3.25. The fourth-order valence-electron chi connectivity index (χ4n) is 1.81. The van der Waals surface area contributed by atoms with Gasteiger partial charge in [0.25, 0.3) is 0 Å². The molecular weight excluding hydrogens is 164 g/mol. The summed E-state index contributed by atoms with van der Waals surface area (Å²) in [5, 5.41) is 3.43. The summed E-state index contributed by atoms with van der Waals surface area (Å²) in [6.45, 7) is 7.01. The van der Waals surface area contributed by atoms with E-state index in [4.69, 9.17) is 10.5 Å². The molecule has 0 aliphatic carbocycles. The van der Waals surface area contributed by atoms with Gasteiger partial charge in [-0.3, -0.25) is 0 Å². The predicted octanol–water partition coefficient (Wildman–Crippen LogP) is 0.738. The molecular formula is C10H22N2O. The van der Waals surface area contributed by atoms with Gasteiger partial charge in [0.2, 0.25) is 0 Å². The molecule has 0 radical (unpaired) electrons. The van der Waals surface area contributed by atoms with Gasteiger partial charge in [0.05, 0.1) is 6.10 Å². The first kappa shape index (κ1) is 11.0. The van der Waals surface area contributed by atoms with Crippen molar-refractivity contribution >= 4 is 0 Å². The molecule has 1 saturated heterocycles. The Balaban J connectivity index is 2.19. The van der Waals surface area contributed by atoms with Crippen molar-refractivity contribution in [2.75, 3.05) is 19.7 Å². The number of ether oxygens (including phenoxy) is 1. The van der Waals surface area contributed by atoms with Crippen LogP contribution in [0.15, 0.2) is 0 Å². The normalized spacial score (nSPS) is 30.7. The van der Waals surface area contributed by atoms with Crippen molar-refractivity contribution < 1.29 is 4.74 Å². The van der Waals surface area contributed by atoms with Gasteiger partial charge in [0.1, 0.15) is 0 Å². The van der Waals surface area contributed by atoms with Crippen LogP contribution < -0.4 is 11.1 Å². The molecule has 0 aromatic carbocycles. The van der Waals surface area contributed by atoms with Crippen LogP contribution in [-0.2, 0) is 4.74 Å². The van der Waals surface area contributed by atoms with E-state index in [2.05, 4.69) is 19.2 Å². The zero-order chi connectivity index (χ0) is 9.68. The number of rotatable bonds is 5. The zero-order valence-electron chi connectivity index (χ0n) is 8.75. The van der Waals surface area contributed by atoms with E-state index in [-0.39, 0.29) is 0 Å². The molecule has 0 aromatic heterocycles. The Morgan fingerprint density at radius 2 is 2.38 bits per heavy atom. The first-order chi connectivity index (χ1) is 6.27. The van der Waals surface area contributed by atoms with E-state index < -0.39 is 0 Å². The number of nitrogens with two attached hydrogens (primary N) is 1. The Hall–Kier alpha value is -0.120. The molecule has 0 spiro atoms. The van der Waals surface area contributed by atoms with Crippen LogP contribution in [0.5, 0.6) is 0 Å². The van der Waals surface area contributed by atoms with Crippen LogP contribution in [0.1, 0.15) is 26.7 Å². The molecule has 78 valence electrons. The maximum Gasteiger partial charge on any atom is 0.0613 e. The molecule has 3 atom stereocenters. The molecule has 0 saturated carbocycles. The molecule has 13 heavy (non-hydrogen) atoms. The van der Waals surface area contributed by atoms with Gasteiger partial charge in [-0.1, -0.05) is 6.92 Å². The van der Waals surface area contributed by atoms with Crippen molar-refractivity contribution in [3.63, 3.8) is 0 Å². The number of hydrogen-bond acceptors (Lipinski definition) is 3. The molecule has 1 aliphatic heterocycles. The van der Waals surface area contributed by atoms with Gasteiger partial charge in [0.15, 0.2) is 0 Å². The van der Waals surface area contributed by atoms with Gasteiger partial charge < -0.3 is 15.8 Å². The molecule has 0 amide bonds. The first-order valence-electron chi connectivity index (χ1n) is 5.33. The summed E-state index contributed by atoms with van der Waals surface area (Å²) in [4.78, 5) is 0. The second-order valence-electron chi connectivity index (χ2n) is 3.91. The molecule has 3 nitrogen and oxygen atoms in total. The van der Waals surface area contributed by atoms with Crippen molar-refractivity contribution in [3.8, 4) is 0 Å². The van der Waals surface area contributed by atoms with Gasteiger partial charge in [-0.15, -0.1) is 0 Å². The largest absolute Gasteiger partial charge is 0.378 e. The summed E-state index contributed by atoms with van der Waals surface area (Å²) in [7, 11) is 0. The topological polar surface area (TPSA) is 47.3 Å². The molecule has 0 aromatic rings. The first-order valence-corrected chi connectivity index (χ1v) is 5.33. The van der Waals surface area contributed by atoms with Crippen LogP contribution in [0.3, 0.4) is 0 Å². The van der Waals surface area contributed by atoms with Crippen molar-refractivity contribution in [1.29, 1.82) is 0 Å². The van der Waals surface area contributed by atoms with Gasteiger partial charge in [-0.05, 0) is 25.7 Å². The minimum absolute atomic E-state index is 0.429. The van der Waals surface area contributed by atoms with Crippen LogP contribution >= 0.6 is 0 Å². The molecule has 1 heterocycles. The monoisotopic (exact) mass is 186 g/mol. The fourth-order valence-corrected chi connectivity index (χ4v) is 1.81. The minimum Gasteiger partial charge on any atom is -0.378 e. The van der Waals surface area contributed by atoms with E-state index in [1.54, 1.807) is 0 Å². The van der Waals surface area contributed by atoms with Gasteiger partial charge in [-0.2, -0.15) is 0 Å². The summed E-state index contributed by atoms with van der Waals surface area (Å²) in [5.74, 6) is 0.694. The zero-order valence-corrected chi connectivity index (χ0v) is 8.75. The molecule has 1 rings (SSSR count). The Bertz CT molecular complexity index is 141. The molecule has 1 fully saturated rings. The Labute approximate surface area is 81.0 Å². The van der Waals surface area contributed by atoms with Crippen molar-refractivity contribution in [1.82, 2.24) is 5.32 Å². The van der Waals surface area contributed by atoms with Gasteiger partial charge in [0, 0.05) is 25.7 Å². The van der Waals surface area contributed by atoms with E-state index >= 15 is 0 Å². The highest BCUT2D eigenvalue weighted by atomic mass is 16.5. The summed E-state index contributed by atoms with van der Waals surface area (Å²) >= 11 is 0. The molecule has 1 aliphatic rings. The smallest absolute Gasteiger partial charge is 0.0613 e. The second kappa shape index (κ2) is 5.58. The lowest BCUT2D eigenvalue weighted by molar-refractivity contribution is 0.0868. The Morgan fingerprint density at radius 1 is 1.62 bits per heavy atom. The summed E-state index contributed by atoms with van der Waals surface area (Å²) in [6, 6.07) is 0.429. The standard InChI is InChI=1S/C10H22N2O/c1-3-10-9(4-5-13-10)7-12-8(2)6-11/h8-10,12H,3-7,11H2,1-2H3/t8-,9?,10?/m1/s1. The van der Waals surface area contributed by atoms with Gasteiger partial charge in [-0.25, -0.2) is 0 Å². The van der Waals surface area contributed by atoms with E-state index in [1.807, 2.05) is 0 Å². The van der Waals surface area contributed by atoms with Crippen LogP contribution in [0, 0.1) is 5.92 Å². The van der Waals surface area contributed by atoms with E-state index in [1.165, 1.54) is 6.42 Å². The lowest BCUT2D eigenvalue weighted by atomic mass is 9.99. The van der Waals surface area contributed by atoms with Crippen LogP contribution in [-0.4, -0.2) is 31.8 Å². The average Bonchev–Trinajstić information content (AvgIpc) is 2.61. The number of hydrogen-bond donors (Lipinski definition) is 2. The minimum atomic E-state index is 0.429. The SMILES string of the molecule is CCC1OCCC1CN[C@H](C)CN. The average molecular weight is 186 g/mol. The third-order valence-electron chi connectivity index (χ3n) is 2.83. The third-order valence-corrected chi connectivity index (χ3v) is 2.83. The van der Waals surface area contributed by atoms with Crippen molar-refractivity contribution in [2.45, 2.75) is 38.8 Å². The highest BCUT2D eigenvalue weighted by Gasteiger charge is 2.26. The maximum atomic E-state index is 5.61. The van der Waals surface area contributed by atoms with Crippen LogP contribution in [0.25, 0.3) is 0 Å². The fraction of sp³-hybridized carbons (Fsp3) is 1.00. The number of nitrogens with one attached hydrogen (secondary N) is 1. The summed E-state index contributed by atoms with van der Waals surface area (Å²) in [5.41, 5.74) is 5.53. The highest BCUT2D eigenvalue weighted by molar-refractivity contribution is 4.78. The summed E-state index contributed by atoms with van der Waals surface area (Å²) in [6.07, 6.45) is 2.80. The van der Waals surface area contributed by atoms with Gasteiger partial charge >= 0.3 is 0 Å². The van der Waals surface area contributed by atoms with E-state index in [0.29, 0.717) is 24.6 Å². The highest BCUT2D eigenvalue weighted by Crippen LogP contribution is 2.22. The van der Waals surface area contributed by atoms with E-state index in [0.717, 1.165) is 19.6 Å². The summed E-state index contributed by atoms with van der Waals surface area (Å²) < 4.78 is 5.61. The van der Waals surface area contributed by atoms with E-state index in [9.17, 15) is 0 Å². The lowest BCUT2D eigenvalue weighted by Gasteiger charge is -2.19. The predicted molar refractivity (Wildman–Crippen MR) is 54.7 cm³/mol. The Kier molecular flexibility index (Phi) is 4.70. The quantitative estimate of drug-likeness (QED) is 0.665. The molecule has 0 bridgehead atoms. The Morgan fingerprint density at radius 3 is 3.00 bits per heavy atom. The van der Waals surface area contributed by atoms with Crippen LogP contribution in [0.4, 0.5) is 0 Å². The molecule has 2 unspecified atom stereocenters. The molecule has 3 N–H and O–H groups in total. The lowest BCUT2D eigenvalue weighted by Crippen LogP contribution is -2.38. The van der Waals surface area contributed by atoms with Crippen LogP contribution in [0.2, 0.25) is 0 Å². The second-order valence-corrected chi connectivity index (χ2v) is 3.91.